The molecule has 2 nitrogen and oxygen atoms in total. The van der Waals surface area contributed by atoms with Crippen molar-refractivity contribution in [2.24, 2.45) is 0 Å². The fraction of sp³-hybridized carbons (Fsp3) is 0.538. The molecule has 1 aliphatic heterocycles. The Morgan fingerprint density at radius 1 is 1.44 bits per heavy atom. The van der Waals surface area contributed by atoms with Gasteiger partial charge in [0.05, 0.1) is 0 Å². The van der Waals surface area contributed by atoms with Crippen LogP contribution in [0.3, 0.4) is 0 Å². The van der Waals surface area contributed by atoms with Gasteiger partial charge in [0.25, 0.3) is 0 Å². The van der Waals surface area contributed by atoms with Gasteiger partial charge in [0.15, 0.2) is 0 Å². The fourth-order valence-electron chi connectivity index (χ4n) is 2.42. The summed E-state index contributed by atoms with van der Waals surface area (Å²) in [6.45, 7) is 6.10. The van der Waals surface area contributed by atoms with Crippen molar-refractivity contribution in [2.45, 2.75) is 12.3 Å². The zero-order valence-corrected chi connectivity index (χ0v) is 9.96. The monoisotopic (exact) mass is 222 g/mol. The maximum atomic E-state index is 13.3. The molecule has 1 aromatic carbocycles. The average Bonchev–Trinajstić information content (AvgIpc) is 2.41. The van der Waals surface area contributed by atoms with E-state index in [1.54, 1.807) is 12.1 Å². The normalized spacial score (nSPS) is 27.7. The molecule has 0 bridgehead atoms. The second-order valence-electron chi connectivity index (χ2n) is 4.99. The first-order valence-corrected chi connectivity index (χ1v) is 5.75. The lowest BCUT2D eigenvalue weighted by atomic mass is 9.82. The van der Waals surface area contributed by atoms with E-state index in [9.17, 15) is 4.39 Å². The molecule has 1 unspecified atom stereocenters. The largest absolute Gasteiger partial charge is 0.315 e. The Morgan fingerprint density at radius 3 is 3.00 bits per heavy atom. The van der Waals surface area contributed by atoms with Crippen LogP contribution in [0.1, 0.15) is 12.5 Å². The molecule has 16 heavy (non-hydrogen) atoms. The second-order valence-corrected chi connectivity index (χ2v) is 4.99. The third-order valence-corrected chi connectivity index (χ3v) is 3.33. The summed E-state index contributed by atoms with van der Waals surface area (Å²) in [6.07, 6.45) is 0. The maximum absolute atomic E-state index is 13.3. The van der Waals surface area contributed by atoms with Crippen LogP contribution in [0, 0.1) is 5.82 Å². The Balaban J connectivity index is 2.28. The Kier molecular flexibility index (Phi) is 3.26. The smallest absolute Gasteiger partial charge is 0.123 e. The first-order chi connectivity index (χ1) is 7.60. The lowest BCUT2D eigenvalue weighted by molar-refractivity contribution is 0.289. The van der Waals surface area contributed by atoms with Gasteiger partial charge in [0.2, 0.25) is 0 Å². The van der Waals surface area contributed by atoms with Crippen molar-refractivity contribution < 1.29 is 4.39 Å². The van der Waals surface area contributed by atoms with Crippen LogP contribution in [0.25, 0.3) is 0 Å². The number of nitrogens with zero attached hydrogens (tertiary/aromatic N) is 1. The Morgan fingerprint density at radius 2 is 2.25 bits per heavy atom. The number of rotatable bonds is 1. The summed E-state index contributed by atoms with van der Waals surface area (Å²) in [5.74, 6) is -0.148. The first-order valence-electron chi connectivity index (χ1n) is 5.75. The van der Waals surface area contributed by atoms with Gasteiger partial charge >= 0.3 is 0 Å². The fourth-order valence-corrected chi connectivity index (χ4v) is 2.42. The van der Waals surface area contributed by atoms with Gasteiger partial charge in [0.1, 0.15) is 5.82 Å². The zero-order valence-electron chi connectivity index (χ0n) is 9.96. The molecule has 0 amide bonds. The topological polar surface area (TPSA) is 15.3 Å². The number of hydrogen-bond donors (Lipinski definition) is 1. The molecule has 0 saturated carbocycles. The quantitative estimate of drug-likeness (QED) is 0.776. The summed E-state index contributed by atoms with van der Waals surface area (Å²) in [5.41, 5.74) is 1.07. The predicted molar refractivity (Wildman–Crippen MR) is 64.1 cm³/mol. The Bertz CT molecular complexity index is 367. The first kappa shape index (κ1) is 11.6. The molecular formula is C13H19FN2. The van der Waals surface area contributed by atoms with E-state index in [0.29, 0.717) is 0 Å². The van der Waals surface area contributed by atoms with Crippen LogP contribution in [0.15, 0.2) is 24.3 Å². The van der Waals surface area contributed by atoms with Gasteiger partial charge in [-0.3, -0.25) is 0 Å². The number of nitrogens with one attached hydrogen (secondary N) is 1. The molecular weight excluding hydrogens is 203 g/mol. The molecule has 3 heteroatoms. The molecule has 1 atom stereocenters. The van der Waals surface area contributed by atoms with E-state index in [2.05, 4.69) is 24.2 Å². The number of hydrogen-bond acceptors (Lipinski definition) is 2. The number of halogens is 1. The summed E-state index contributed by atoms with van der Waals surface area (Å²) < 4.78 is 13.3. The standard InChI is InChI=1S/C13H19FN2/c1-13(9-15-6-7-16(2)10-13)11-4-3-5-12(14)8-11/h3-5,8,15H,6-7,9-10H2,1-2H3. The molecule has 0 aromatic heterocycles. The van der Waals surface area contributed by atoms with Crippen molar-refractivity contribution in [1.29, 1.82) is 0 Å². The number of likely N-dealkylation sites (N-methyl/N-ethyl adjacent to an activating group) is 1. The average molecular weight is 222 g/mol. The van der Waals surface area contributed by atoms with Gasteiger partial charge in [-0.25, -0.2) is 4.39 Å². The highest BCUT2D eigenvalue weighted by Crippen LogP contribution is 2.25. The highest BCUT2D eigenvalue weighted by Gasteiger charge is 2.29. The van der Waals surface area contributed by atoms with E-state index >= 15 is 0 Å². The maximum Gasteiger partial charge on any atom is 0.123 e. The van der Waals surface area contributed by atoms with Gasteiger partial charge in [-0.2, -0.15) is 0 Å². The summed E-state index contributed by atoms with van der Waals surface area (Å²) in [5, 5.41) is 3.42. The summed E-state index contributed by atoms with van der Waals surface area (Å²) in [7, 11) is 2.12. The van der Waals surface area contributed by atoms with Crippen molar-refractivity contribution in [1.82, 2.24) is 10.2 Å². The van der Waals surface area contributed by atoms with Crippen molar-refractivity contribution in [2.75, 3.05) is 33.2 Å². The van der Waals surface area contributed by atoms with E-state index in [1.807, 2.05) is 6.07 Å². The van der Waals surface area contributed by atoms with Crippen molar-refractivity contribution in [3.63, 3.8) is 0 Å². The molecule has 1 saturated heterocycles. The van der Waals surface area contributed by atoms with Crippen LogP contribution in [-0.4, -0.2) is 38.1 Å². The zero-order chi connectivity index (χ0) is 11.6. The van der Waals surface area contributed by atoms with Crippen LogP contribution in [0.5, 0.6) is 0 Å². The van der Waals surface area contributed by atoms with E-state index in [0.717, 1.165) is 31.7 Å². The van der Waals surface area contributed by atoms with E-state index in [4.69, 9.17) is 0 Å². The van der Waals surface area contributed by atoms with E-state index < -0.39 is 0 Å². The molecule has 1 aliphatic rings. The lowest BCUT2D eigenvalue weighted by Gasteiger charge is -2.31. The third kappa shape index (κ3) is 2.42. The van der Waals surface area contributed by atoms with Gasteiger partial charge in [0, 0.05) is 31.6 Å². The van der Waals surface area contributed by atoms with Gasteiger partial charge in [-0.05, 0) is 24.7 Å². The third-order valence-electron chi connectivity index (χ3n) is 3.33. The number of benzene rings is 1. The minimum atomic E-state index is -0.148. The van der Waals surface area contributed by atoms with Crippen LogP contribution in [0.2, 0.25) is 0 Å². The molecule has 88 valence electrons. The molecule has 0 spiro atoms. The molecule has 1 N–H and O–H groups in total. The van der Waals surface area contributed by atoms with Crippen LogP contribution in [-0.2, 0) is 5.41 Å². The summed E-state index contributed by atoms with van der Waals surface area (Å²) in [6, 6.07) is 6.96. The molecule has 0 radical (unpaired) electrons. The van der Waals surface area contributed by atoms with Crippen molar-refractivity contribution in [3.05, 3.63) is 35.6 Å². The minimum Gasteiger partial charge on any atom is -0.315 e. The van der Waals surface area contributed by atoms with E-state index in [1.165, 1.54) is 6.07 Å². The van der Waals surface area contributed by atoms with Crippen molar-refractivity contribution >= 4 is 0 Å². The van der Waals surface area contributed by atoms with E-state index in [-0.39, 0.29) is 11.2 Å². The molecule has 1 fully saturated rings. The predicted octanol–water partition coefficient (Wildman–Crippen LogP) is 1.62. The summed E-state index contributed by atoms with van der Waals surface area (Å²) >= 11 is 0. The SMILES string of the molecule is CN1CCNCC(C)(c2cccc(F)c2)C1. The highest BCUT2D eigenvalue weighted by atomic mass is 19.1. The summed E-state index contributed by atoms with van der Waals surface area (Å²) in [4.78, 5) is 2.30. The van der Waals surface area contributed by atoms with Crippen molar-refractivity contribution in [3.8, 4) is 0 Å². The second kappa shape index (κ2) is 4.52. The molecule has 2 rings (SSSR count). The lowest BCUT2D eigenvalue weighted by Crippen LogP contribution is -2.39. The van der Waals surface area contributed by atoms with Gasteiger partial charge in [-0.15, -0.1) is 0 Å². The van der Waals surface area contributed by atoms with Crippen LogP contribution < -0.4 is 5.32 Å². The van der Waals surface area contributed by atoms with Gasteiger partial charge in [-0.1, -0.05) is 19.1 Å². The Hall–Kier alpha value is -0.930. The van der Waals surface area contributed by atoms with Crippen LogP contribution in [0.4, 0.5) is 4.39 Å². The molecule has 0 aliphatic carbocycles. The Labute approximate surface area is 96.5 Å². The molecule has 1 heterocycles. The highest BCUT2D eigenvalue weighted by molar-refractivity contribution is 5.26. The van der Waals surface area contributed by atoms with Crippen LogP contribution >= 0.6 is 0 Å². The minimum absolute atomic E-state index is 0.00660. The van der Waals surface area contributed by atoms with Gasteiger partial charge < -0.3 is 10.2 Å². The molecule has 1 aromatic rings.